The Bertz CT molecular complexity index is 891. The number of benzene rings is 2. The van der Waals surface area contributed by atoms with E-state index in [2.05, 4.69) is 10.4 Å². The molecule has 0 bridgehead atoms. The van der Waals surface area contributed by atoms with E-state index in [1.54, 1.807) is 18.2 Å². The fourth-order valence-electron chi connectivity index (χ4n) is 2.17. The number of rotatable bonds is 3. The lowest BCUT2D eigenvalue weighted by molar-refractivity contribution is -0.114. The SMILES string of the molecule is O=C(CCl)Nn1c(-c2ccccc2)nc2ccccc2c1=O. The molecule has 1 N–H and O–H groups in total. The number of alkyl halides is 1. The first-order valence-corrected chi connectivity index (χ1v) is 7.17. The number of halogens is 1. The number of amides is 1. The van der Waals surface area contributed by atoms with Gasteiger partial charge in [-0.05, 0) is 12.1 Å². The van der Waals surface area contributed by atoms with Crippen molar-refractivity contribution in [3.05, 3.63) is 65.0 Å². The number of nitrogens with one attached hydrogen (secondary N) is 1. The number of hydrogen-bond acceptors (Lipinski definition) is 3. The van der Waals surface area contributed by atoms with Crippen LogP contribution >= 0.6 is 11.6 Å². The summed E-state index contributed by atoms with van der Waals surface area (Å²) >= 11 is 5.52. The second kappa shape index (κ2) is 5.99. The minimum absolute atomic E-state index is 0.243. The van der Waals surface area contributed by atoms with Gasteiger partial charge in [0.2, 0.25) is 0 Å². The van der Waals surface area contributed by atoms with Gasteiger partial charge in [0, 0.05) is 5.56 Å². The molecule has 1 aromatic heterocycles. The number of nitrogens with zero attached hydrogens (tertiary/aromatic N) is 2. The second-order valence-corrected chi connectivity index (χ2v) is 4.90. The van der Waals surface area contributed by atoms with Crippen molar-refractivity contribution in [3.63, 3.8) is 0 Å². The van der Waals surface area contributed by atoms with Crippen LogP contribution < -0.4 is 11.0 Å². The highest BCUT2D eigenvalue weighted by atomic mass is 35.5. The number of carbonyl (C=O) groups is 1. The van der Waals surface area contributed by atoms with Crippen LogP contribution in [0.3, 0.4) is 0 Å². The van der Waals surface area contributed by atoms with E-state index < -0.39 is 5.91 Å². The van der Waals surface area contributed by atoms with Crippen molar-refractivity contribution in [2.45, 2.75) is 0 Å². The molecule has 0 aliphatic heterocycles. The average Bonchev–Trinajstić information content (AvgIpc) is 2.58. The summed E-state index contributed by atoms with van der Waals surface area (Å²) in [6.45, 7) is 0. The zero-order valence-corrected chi connectivity index (χ0v) is 12.2. The monoisotopic (exact) mass is 313 g/mol. The number of carbonyl (C=O) groups excluding carboxylic acids is 1. The van der Waals surface area contributed by atoms with Crippen molar-refractivity contribution in [1.29, 1.82) is 0 Å². The van der Waals surface area contributed by atoms with Gasteiger partial charge in [0.25, 0.3) is 11.5 Å². The summed E-state index contributed by atoms with van der Waals surface area (Å²) in [4.78, 5) is 28.8. The van der Waals surface area contributed by atoms with Crippen LogP contribution in [0.25, 0.3) is 22.3 Å². The molecule has 0 fully saturated rings. The Morgan fingerprint density at radius 2 is 1.77 bits per heavy atom. The van der Waals surface area contributed by atoms with Gasteiger partial charge in [-0.1, -0.05) is 42.5 Å². The quantitative estimate of drug-likeness (QED) is 0.755. The summed E-state index contributed by atoms with van der Waals surface area (Å²) < 4.78 is 1.14. The van der Waals surface area contributed by atoms with Gasteiger partial charge >= 0.3 is 0 Å². The standard InChI is InChI=1S/C16H12ClN3O2/c17-10-14(21)19-20-15(11-6-2-1-3-7-11)18-13-9-5-4-8-12(13)16(20)22/h1-9H,10H2,(H,19,21). The number of fused-ring (bicyclic) bond motifs is 1. The Hall–Kier alpha value is -2.66. The molecule has 2 aromatic carbocycles. The molecule has 6 heteroatoms. The van der Waals surface area contributed by atoms with Crippen LogP contribution in [0.2, 0.25) is 0 Å². The maximum atomic E-state index is 12.6. The van der Waals surface area contributed by atoms with Crippen molar-refractivity contribution in [1.82, 2.24) is 9.66 Å². The summed E-state index contributed by atoms with van der Waals surface area (Å²) in [5, 5.41) is 0.428. The van der Waals surface area contributed by atoms with Crippen LogP contribution in [0.15, 0.2) is 59.4 Å². The molecule has 0 unspecified atom stereocenters. The molecule has 1 heterocycles. The Balaban J connectivity index is 2.31. The molecule has 0 radical (unpaired) electrons. The van der Waals surface area contributed by atoms with Crippen LogP contribution in [-0.2, 0) is 4.79 Å². The fourth-order valence-corrected chi connectivity index (χ4v) is 2.23. The van der Waals surface area contributed by atoms with Crippen molar-refractivity contribution >= 4 is 28.4 Å². The molecule has 0 aliphatic rings. The lowest BCUT2D eigenvalue weighted by Crippen LogP contribution is -2.35. The van der Waals surface area contributed by atoms with E-state index in [-0.39, 0.29) is 11.4 Å². The molecule has 0 saturated heterocycles. The third kappa shape index (κ3) is 2.58. The maximum Gasteiger partial charge on any atom is 0.280 e. The predicted octanol–water partition coefficient (Wildman–Crippen LogP) is 2.37. The van der Waals surface area contributed by atoms with Gasteiger partial charge in [-0.15, -0.1) is 11.6 Å². The first-order valence-electron chi connectivity index (χ1n) is 6.64. The molecule has 5 nitrogen and oxygen atoms in total. The van der Waals surface area contributed by atoms with Gasteiger partial charge < -0.3 is 0 Å². The zero-order chi connectivity index (χ0) is 15.5. The van der Waals surface area contributed by atoms with E-state index in [1.165, 1.54) is 0 Å². The van der Waals surface area contributed by atoms with Gasteiger partial charge in [0.05, 0.1) is 10.9 Å². The largest absolute Gasteiger partial charge is 0.280 e. The van der Waals surface area contributed by atoms with Gasteiger partial charge in [-0.2, -0.15) is 4.68 Å². The normalized spacial score (nSPS) is 10.6. The van der Waals surface area contributed by atoms with Crippen LogP contribution in [0.4, 0.5) is 0 Å². The van der Waals surface area contributed by atoms with E-state index in [0.717, 1.165) is 10.2 Å². The van der Waals surface area contributed by atoms with Crippen molar-refractivity contribution in [2.24, 2.45) is 0 Å². The third-order valence-corrected chi connectivity index (χ3v) is 3.41. The van der Waals surface area contributed by atoms with Gasteiger partial charge in [0.15, 0.2) is 5.82 Å². The summed E-state index contributed by atoms with van der Waals surface area (Å²) in [5.41, 5.74) is 3.44. The molecule has 0 aliphatic carbocycles. The molecule has 0 spiro atoms. The van der Waals surface area contributed by atoms with Crippen molar-refractivity contribution < 1.29 is 4.79 Å². The van der Waals surface area contributed by atoms with Crippen LogP contribution in [0.1, 0.15) is 0 Å². The van der Waals surface area contributed by atoms with Crippen LogP contribution in [0, 0.1) is 0 Å². The fraction of sp³-hybridized carbons (Fsp3) is 0.0625. The molecule has 0 atom stereocenters. The lowest BCUT2D eigenvalue weighted by atomic mass is 10.2. The Labute approximate surface area is 131 Å². The highest BCUT2D eigenvalue weighted by Gasteiger charge is 2.14. The Kier molecular flexibility index (Phi) is 3.89. The molecular formula is C16H12ClN3O2. The summed E-state index contributed by atoms with van der Waals surface area (Å²) in [6.07, 6.45) is 0. The number of para-hydroxylation sites is 1. The third-order valence-electron chi connectivity index (χ3n) is 3.17. The Morgan fingerprint density at radius 1 is 1.09 bits per heavy atom. The minimum Gasteiger partial charge on any atom is -0.272 e. The summed E-state index contributed by atoms with van der Waals surface area (Å²) in [5.74, 6) is -0.353. The minimum atomic E-state index is -0.474. The van der Waals surface area contributed by atoms with Gasteiger partial charge in [-0.25, -0.2) is 4.98 Å². The Morgan fingerprint density at radius 3 is 2.50 bits per heavy atom. The average molecular weight is 314 g/mol. The predicted molar refractivity (Wildman–Crippen MR) is 86.5 cm³/mol. The lowest BCUT2D eigenvalue weighted by Gasteiger charge is -2.13. The molecule has 3 aromatic rings. The summed E-state index contributed by atoms with van der Waals surface area (Å²) in [6, 6.07) is 16.2. The van der Waals surface area contributed by atoms with Gasteiger partial charge in [-0.3, -0.25) is 15.0 Å². The van der Waals surface area contributed by atoms with Crippen molar-refractivity contribution in [3.8, 4) is 11.4 Å². The van der Waals surface area contributed by atoms with E-state index >= 15 is 0 Å². The molecule has 110 valence electrons. The maximum absolute atomic E-state index is 12.6. The van der Waals surface area contributed by atoms with Crippen LogP contribution in [-0.4, -0.2) is 21.4 Å². The highest BCUT2D eigenvalue weighted by molar-refractivity contribution is 6.28. The van der Waals surface area contributed by atoms with Gasteiger partial charge in [0.1, 0.15) is 5.88 Å². The molecule has 1 amide bonds. The second-order valence-electron chi connectivity index (χ2n) is 4.63. The zero-order valence-electron chi connectivity index (χ0n) is 11.5. The molecule has 0 saturated carbocycles. The molecule has 22 heavy (non-hydrogen) atoms. The first-order chi connectivity index (χ1) is 10.7. The first kappa shape index (κ1) is 14.3. The number of hydrogen-bond donors (Lipinski definition) is 1. The topological polar surface area (TPSA) is 64.0 Å². The molecule has 3 rings (SSSR count). The number of aromatic nitrogens is 2. The van der Waals surface area contributed by atoms with E-state index in [1.807, 2.05) is 36.4 Å². The van der Waals surface area contributed by atoms with E-state index in [0.29, 0.717) is 16.7 Å². The van der Waals surface area contributed by atoms with E-state index in [9.17, 15) is 9.59 Å². The summed E-state index contributed by atoms with van der Waals surface area (Å²) in [7, 11) is 0. The highest BCUT2D eigenvalue weighted by Crippen LogP contribution is 2.17. The smallest absolute Gasteiger partial charge is 0.272 e. The molecular weight excluding hydrogens is 302 g/mol. The van der Waals surface area contributed by atoms with E-state index in [4.69, 9.17) is 11.6 Å². The van der Waals surface area contributed by atoms with Crippen molar-refractivity contribution in [2.75, 3.05) is 11.3 Å². The van der Waals surface area contributed by atoms with Crippen LogP contribution in [0.5, 0.6) is 0 Å².